The third-order valence-corrected chi connectivity index (χ3v) is 2.12. The van der Waals surface area contributed by atoms with Crippen LogP contribution in [0.2, 0.25) is 0 Å². The molecule has 0 saturated carbocycles. The molecule has 0 spiro atoms. The summed E-state index contributed by atoms with van der Waals surface area (Å²) >= 11 is 0. The Morgan fingerprint density at radius 3 is 3.12 bits per heavy atom. The molecule has 2 amide bonds. The number of aromatic nitrogens is 2. The fourth-order valence-corrected chi connectivity index (χ4v) is 1.40. The topological polar surface area (TPSA) is 84.8 Å². The summed E-state index contributed by atoms with van der Waals surface area (Å²) in [5, 5.41) is 3.85. The lowest BCUT2D eigenvalue weighted by Gasteiger charge is -2.00. The van der Waals surface area contributed by atoms with E-state index in [4.69, 9.17) is 5.73 Å². The van der Waals surface area contributed by atoms with Gasteiger partial charge in [0.1, 0.15) is 5.65 Å². The number of pyridine rings is 1. The first kappa shape index (κ1) is 10.2. The van der Waals surface area contributed by atoms with Crippen LogP contribution in [-0.2, 0) is 0 Å². The molecule has 0 atom stereocenters. The van der Waals surface area contributed by atoms with Gasteiger partial charge in [-0.1, -0.05) is 6.07 Å². The minimum absolute atomic E-state index is 0.637. The van der Waals surface area contributed by atoms with Gasteiger partial charge in [-0.2, -0.15) is 5.10 Å². The Labute approximate surface area is 91.8 Å². The number of hydrogen-bond donors (Lipinski definition) is 2. The summed E-state index contributed by atoms with van der Waals surface area (Å²) in [5.74, 6) is 0. The highest BCUT2D eigenvalue weighted by molar-refractivity contribution is 5.98. The first-order valence-corrected chi connectivity index (χ1v) is 4.70. The van der Waals surface area contributed by atoms with Gasteiger partial charge >= 0.3 is 6.03 Å². The lowest BCUT2D eigenvalue weighted by Crippen LogP contribution is -2.25. The van der Waals surface area contributed by atoms with Gasteiger partial charge in [0.15, 0.2) is 0 Å². The molecule has 2 rings (SSSR count). The van der Waals surface area contributed by atoms with E-state index in [1.54, 1.807) is 13.1 Å². The van der Waals surface area contributed by atoms with Crippen molar-refractivity contribution in [1.82, 2.24) is 14.8 Å². The van der Waals surface area contributed by atoms with Crippen LogP contribution in [-0.4, -0.2) is 21.1 Å². The quantitative estimate of drug-likeness (QED) is 0.574. The molecule has 16 heavy (non-hydrogen) atoms. The summed E-state index contributed by atoms with van der Waals surface area (Å²) in [4.78, 5) is 14.7. The normalized spacial score (nSPS) is 11.7. The molecule has 3 N–H and O–H groups in total. The molecule has 0 aliphatic carbocycles. The number of hydrogen-bond acceptors (Lipinski definition) is 3. The highest BCUT2D eigenvalue weighted by atomic mass is 16.2. The fourth-order valence-electron chi connectivity index (χ4n) is 1.40. The largest absolute Gasteiger partial charge is 0.350 e. The highest BCUT2D eigenvalue weighted by Crippen LogP contribution is 2.06. The highest BCUT2D eigenvalue weighted by Gasteiger charge is 2.05. The van der Waals surface area contributed by atoms with Gasteiger partial charge in [-0.3, -0.25) is 4.40 Å². The zero-order valence-electron chi connectivity index (χ0n) is 8.71. The van der Waals surface area contributed by atoms with Gasteiger partial charge in [0.05, 0.1) is 17.6 Å². The van der Waals surface area contributed by atoms with Gasteiger partial charge in [-0.15, -0.1) is 0 Å². The van der Waals surface area contributed by atoms with Crippen LogP contribution in [0.1, 0.15) is 12.6 Å². The number of amides is 2. The molecule has 0 radical (unpaired) electrons. The molecule has 0 fully saturated rings. The van der Waals surface area contributed by atoms with Crippen molar-refractivity contribution in [3.05, 3.63) is 36.3 Å². The zero-order chi connectivity index (χ0) is 11.5. The predicted molar refractivity (Wildman–Crippen MR) is 60.1 cm³/mol. The molecule has 0 aromatic carbocycles. The maximum Gasteiger partial charge on any atom is 0.332 e. The number of carbonyl (C=O) groups is 1. The van der Waals surface area contributed by atoms with E-state index in [-0.39, 0.29) is 0 Å². The number of urea groups is 1. The van der Waals surface area contributed by atoms with Crippen LogP contribution in [0.15, 0.2) is 35.7 Å². The molecule has 0 bridgehead atoms. The van der Waals surface area contributed by atoms with Crippen LogP contribution in [0, 0.1) is 0 Å². The van der Waals surface area contributed by atoms with E-state index in [1.807, 2.05) is 28.8 Å². The number of primary amides is 1. The van der Waals surface area contributed by atoms with Crippen LogP contribution in [0.25, 0.3) is 5.65 Å². The molecule has 0 saturated heterocycles. The van der Waals surface area contributed by atoms with E-state index < -0.39 is 6.03 Å². The number of carbonyl (C=O) groups excluding carboxylic acids is 1. The number of imidazole rings is 1. The molecule has 0 aliphatic rings. The third-order valence-electron chi connectivity index (χ3n) is 2.12. The zero-order valence-corrected chi connectivity index (χ0v) is 8.71. The molecule has 6 heteroatoms. The van der Waals surface area contributed by atoms with E-state index in [2.05, 4.69) is 15.5 Å². The number of nitrogens with zero attached hydrogens (tertiary/aromatic N) is 3. The molecule has 2 aromatic heterocycles. The van der Waals surface area contributed by atoms with E-state index in [1.165, 1.54) is 0 Å². The van der Waals surface area contributed by atoms with Crippen LogP contribution < -0.4 is 11.2 Å². The van der Waals surface area contributed by atoms with E-state index in [0.717, 1.165) is 11.3 Å². The number of nitrogens with two attached hydrogens (primary N) is 1. The van der Waals surface area contributed by atoms with Crippen LogP contribution in [0.4, 0.5) is 4.79 Å². The minimum atomic E-state index is -0.687. The summed E-state index contributed by atoms with van der Waals surface area (Å²) in [6, 6.07) is 5.00. The molecule has 6 nitrogen and oxygen atoms in total. The van der Waals surface area contributed by atoms with Crippen molar-refractivity contribution in [3.63, 3.8) is 0 Å². The van der Waals surface area contributed by atoms with Crippen LogP contribution in [0.3, 0.4) is 0 Å². The first-order chi connectivity index (χ1) is 7.68. The van der Waals surface area contributed by atoms with Gasteiger partial charge < -0.3 is 5.73 Å². The summed E-state index contributed by atoms with van der Waals surface area (Å²) < 4.78 is 1.88. The van der Waals surface area contributed by atoms with E-state index in [0.29, 0.717) is 5.71 Å². The van der Waals surface area contributed by atoms with Gasteiger partial charge in [-0.25, -0.2) is 15.2 Å². The lowest BCUT2D eigenvalue weighted by atomic mass is 10.3. The molecular formula is C10H11N5O. The molecule has 0 aliphatic heterocycles. The maximum atomic E-state index is 10.5. The Hall–Kier alpha value is -2.37. The van der Waals surface area contributed by atoms with Crippen molar-refractivity contribution in [2.75, 3.05) is 0 Å². The molecular weight excluding hydrogens is 206 g/mol. The Morgan fingerprint density at radius 1 is 1.56 bits per heavy atom. The average molecular weight is 217 g/mol. The number of nitrogens with one attached hydrogen (secondary N) is 1. The average Bonchev–Trinajstić information content (AvgIpc) is 2.69. The maximum absolute atomic E-state index is 10.5. The smallest absolute Gasteiger partial charge is 0.332 e. The minimum Gasteiger partial charge on any atom is -0.350 e. The number of rotatable bonds is 2. The van der Waals surface area contributed by atoms with Crippen molar-refractivity contribution in [2.45, 2.75) is 6.92 Å². The van der Waals surface area contributed by atoms with Crippen molar-refractivity contribution < 1.29 is 4.79 Å². The van der Waals surface area contributed by atoms with E-state index in [9.17, 15) is 4.79 Å². The monoisotopic (exact) mass is 217 g/mol. The van der Waals surface area contributed by atoms with Gasteiger partial charge in [-0.05, 0) is 19.1 Å². The van der Waals surface area contributed by atoms with Crippen molar-refractivity contribution in [1.29, 1.82) is 0 Å². The summed E-state index contributed by atoms with van der Waals surface area (Å²) in [7, 11) is 0. The second kappa shape index (κ2) is 4.01. The SMILES string of the molecule is C/C(=N\NC(N)=O)c1cnc2ccccn12. The van der Waals surface area contributed by atoms with Gasteiger partial charge in [0.25, 0.3) is 0 Å². The second-order valence-electron chi connectivity index (χ2n) is 3.25. The predicted octanol–water partition coefficient (Wildman–Crippen LogP) is 0.727. The van der Waals surface area contributed by atoms with E-state index >= 15 is 0 Å². The van der Waals surface area contributed by atoms with Gasteiger partial charge in [0, 0.05) is 6.20 Å². The Bertz CT molecular complexity index is 557. The number of fused-ring (bicyclic) bond motifs is 1. The molecule has 82 valence electrons. The fraction of sp³-hybridized carbons (Fsp3) is 0.100. The molecule has 2 aromatic rings. The second-order valence-corrected chi connectivity index (χ2v) is 3.25. The first-order valence-electron chi connectivity index (χ1n) is 4.70. The van der Waals surface area contributed by atoms with Crippen molar-refractivity contribution in [3.8, 4) is 0 Å². The summed E-state index contributed by atoms with van der Waals surface area (Å²) in [5.41, 5.74) is 9.38. The summed E-state index contributed by atoms with van der Waals surface area (Å²) in [6.07, 6.45) is 3.57. The van der Waals surface area contributed by atoms with Crippen molar-refractivity contribution >= 4 is 17.4 Å². The Kier molecular flexibility index (Phi) is 2.55. The Morgan fingerprint density at radius 2 is 2.38 bits per heavy atom. The lowest BCUT2D eigenvalue weighted by molar-refractivity contribution is 0.249. The third kappa shape index (κ3) is 1.85. The standard InChI is InChI=1S/C10H11N5O/c1-7(13-14-10(11)16)8-6-12-9-4-2-3-5-15(8)9/h2-6H,1H3,(H3,11,14,16)/b13-7+. The summed E-state index contributed by atoms with van der Waals surface area (Å²) in [6.45, 7) is 1.77. The van der Waals surface area contributed by atoms with Crippen molar-refractivity contribution in [2.24, 2.45) is 10.8 Å². The molecule has 0 unspecified atom stereocenters. The van der Waals surface area contributed by atoms with Gasteiger partial charge in [0.2, 0.25) is 0 Å². The van der Waals surface area contributed by atoms with Crippen LogP contribution in [0.5, 0.6) is 0 Å². The number of hydrazone groups is 1. The Balaban J connectivity index is 2.40. The molecule has 2 heterocycles. The van der Waals surface area contributed by atoms with Crippen LogP contribution >= 0.6 is 0 Å².